The Bertz CT molecular complexity index is 253. The van der Waals surface area contributed by atoms with E-state index in [1.165, 1.54) is 0 Å². The maximum atomic E-state index is 12.6. The topological polar surface area (TPSA) is 26.3 Å². The maximum Gasteiger partial charge on any atom is 0.423 e. The fraction of sp³-hybridized carbons (Fsp3) is 0.889. The lowest BCUT2D eigenvalue weighted by Crippen LogP contribution is -2.52. The van der Waals surface area contributed by atoms with Crippen molar-refractivity contribution in [2.75, 3.05) is 0 Å². The fourth-order valence-electron chi connectivity index (χ4n) is 0.722. The molecule has 0 heterocycles. The molecule has 0 rings (SSSR count). The summed E-state index contributed by atoms with van der Waals surface area (Å²) in [6.45, 7) is 3.15. The Morgan fingerprint density at radius 3 is 1.11 bits per heavy atom. The molecule has 19 heavy (non-hydrogen) atoms. The molecule has 2 nitrogen and oxygen atoms in total. The third-order valence-corrected chi connectivity index (χ3v) is 2.00. The minimum absolute atomic E-state index is 0.577. The van der Waals surface area contributed by atoms with Crippen LogP contribution < -0.4 is 0 Å². The molecule has 0 amide bonds. The molecule has 0 fully saturated rings. The highest BCUT2D eigenvalue weighted by Gasteiger charge is 2.67. The van der Waals surface area contributed by atoms with Crippen molar-refractivity contribution in [2.24, 2.45) is 0 Å². The summed E-state index contributed by atoms with van der Waals surface area (Å²) in [6, 6.07) is 0. The van der Waals surface area contributed by atoms with Crippen LogP contribution in [0.5, 0.6) is 0 Å². The summed E-state index contributed by atoms with van der Waals surface area (Å²) in [7, 11) is 0. The first-order valence-electron chi connectivity index (χ1n) is 4.83. The molecule has 0 N–H and O–H groups in total. The van der Waals surface area contributed by atoms with Gasteiger partial charge in [0, 0.05) is 12.8 Å². The zero-order chi connectivity index (χ0) is 16.1. The molecular formula is C9H12F8O2. The summed E-state index contributed by atoms with van der Waals surface area (Å²) in [4.78, 5) is 8.00. The Morgan fingerprint density at radius 2 is 0.947 bits per heavy atom. The summed E-state index contributed by atoms with van der Waals surface area (Å²) in [5.74, 6) is -9.92. The Kier molecular flexibility index (Phi) is 6.96. The average Bonchev–Trinajstić information content (AvgIpc) is 2.29. The highest BCUT2D eigenvalue weighted by molar-refractivity contribution is 5.10. The molecule has 0 bridgehead atoms. The van der Waals surface area contributed by atoms with Gasteiger partial charge in [-0.1, -0.05) is 13.8 Å². The van der Waals surface area contributed by atoms with Gasteiger partial charge in [-0.2, -0.15) is 35.1 Å². The second-order valence-corrected chi connectivity index (χ2v) is 3.25. The van der Waals surface area contributed by atoms with Crippen LogP contribution in [-0.2, 0) is 9.53 Å². The number of carbonyl (C=O) groups excluding carboxylic acids is 1. The molecule has 0 saturated carbocycles. The predicted octanol–water partition coefficient (Wildman–Crippen LogP) is 4.09. The fourth-order valence-corrected chi connectivity index (χ4v) is 0.722. The van der Waals surface area contributed by atoms with Crippen molar-refractivity contribution >= 4 is 6.79 Å². The number of rotatable bonds is 6. The number of carbonyl (C=O) groups is 1. The molecule has 0 unspecified atom stereocenters. The quantitative estimate of drug-likeness (QED) is 0.691. The molecule has 0 aliphatic rings. The van der Waals surface area contributed by atoms with Crippen molar-refractivity contribution in [1.29, 1.82) is 0 Å². The van der Waals surface area contributed by atoms with Gasteiger partial charge in [0.05, 0.1) is 0 Å². The van der Waals surface area contributed by atoms with Gasteiger partial charge in [0.1, 0.15) is 6.79 Å². The smallest absolute Gasteiger partial charge is 0.307 e. The van der Waals surface area contributed by atoms with Crippen LogP contribution in [0.15, 0.2) is 0 Å². The van der Waals surface area contributed by atoms with Gasteiger partial charge in [0.2, 0.25) is 0 Å². The van der Waals surface area contributed by atoms with E-state index in [9.17, 15) is 35.1 Å². The monoisotopic (exact) mass is 304 g/mol. The lowest BCUT2D eigenvalue weighted by atomic mass is 10.2. The first kappa shape index (κ1) is 20.4. The SMILES string of the molecule is C=O.CCC(F)(F)C(F)(F)OC(F)(F)C(F)(F)CC. The summed E-state index contributed by atoms with van der Waals surface area (Å²) in [5.41, 5.74) is 0. The van der Waals surface area contributed by atoms with Crippen molar-refractivity contribution in [3.63, 3.8) is 0 Å². The molecule has 0 aromatic rings. The molecule has 116 valence electrons. The summed E-state index contributed by atoms with van der Waals surface area (Å²) < 4.78 is 103. The highest BCUT2D eigenvalue weighted by Crippen LogP contribution is 2.46. The lowest BCUT2D eigenvalue weighted by molar-refractivity contribution is -0.467. The zero-order valence-electron chi connectivity index (χ0n) is 9.96. The van der Waals surface area contributed by atoms with Gasteiger partial charge >= 0.3 is 24.1 Å². The van der Waals surface area contributed by atoms with Crippen molar-refractivity contribution in [1.82, 2.24) is 0 Å². The van der Waals surface area contributed by atoms with Crippen molar-refractivity contribution in [2.45, 2.75) is 50.8 Å². The van der Waals surface area contributed by atoms with E-state index < -0.39 is 36.9 Å². The van der Waals surface area contributed by atoms with Gasteiger partial charge in [-0.25, -0.2) is 4.74 Å². The summed E-state index contributed by atoms with van der Waals surface area (Å²) in [6.07, 6.45) is -14.4. The second-order valence-electron chi connectivity index (χ2n) is 3.25. The van der Waals surface area contributed by atoms with E-state index in [0.717, 1.165) is 0 Å². The number of alkyl halides is 8. The number of hydrogen-bond acceptors (Lipinski definition) is 2. The van der Waals surface area contributed by atoms with Crippen molar-refractivity contribution in [3.8, 4) is 0 Å². The van der Waals surface area contributed by atoms with Crippen LogP contribution in [0.1, 0.15) is 26.7 Å². The molecule has 0 aliphatic carbocycles. The minimum atomic E-state index is -5.68. The second kappa shape index (κ2) is 6.49. The van der Waals surface area contributed by atoms with Gasteiger partial charge in [-0.3, -0.25) is 0 Å². The molecule has 0 radical (unpaired) electrons. The van der Waals surface area contributed by atoms with Crippen LogP contribution in [0.4, 0.5) is 35.1 Å². The maximum absolute atomic E-state index is 12.6. The Morgan fingerprint density at radius 1 is 0.737 bits per heavy atom. The van der Waals surface area contributed by atoms with Crippen LogP contribution in [0.3, 0.4) is 0 Å². The van der Waals surface area contributed by atoms with E-state index in [1.807, 2.05) is 6.79 Å². The van der Waals surface area contributed by atoms with Gasteiger partial charge in [-0.15, -0.1) is 0 Å². The van der Waals surface area contributed by atoms with E-state index in [0.29, 0.717) is 13.8 Å². The molecule has 0 aromatic heterocycles. The third kappa shape index (κ3) is 4.59. The molecule has 0 spiro atoms. The largest absolute Gasteiger partial charge is 0.423 e. The van der Waals surface area contributed by atoms with Crippen molar-refractivity contribution in [3.05, 3.63) is 0 Å². The predicted molar refractivity (Wildman–Crippen MR) is 48.6 cm³/mol. The summed E-state index contributed by atoms with van der Waals surface area (Å²) in [5, 5.41) is 0. The lowest BCUT2D eigenvalue weighted by Gasteiger charge is -2.32. The summed E-state index contributed by atoms with van der Waals surface area (Å²) >= 11 is 0. The molecular weight excluding hydrogens is 292 g/mol. The van der Waals surface area contributed by atoms with Gasteiger partial charge in [0.25, 0.3) is 0 Å². The first-order valence-corrected chi connectivity index (χ1v) is 4.83. The Labute approximate surface area is 103 Å². The van der Waals surface area contributed by atoms with Crippen LogP contribution in [-0.4, -0.2) is 30.9 Å². The van der Waals surface area contributed by atoms with Gasteiger partial charge in [-0.05, 0) is 0 Å². The molecule has 0 atom stereocenters. The van der Waals surface area contributed by atoms with E-state index in [-0.39, 0.29) is 0 Å². The first-order chi connectivity index (χ1) is 8.33. The van der Waals surface area contributed by atoms with Crippen LogP contribution in [0.25, 0.3) is 0 Å². The Balaban J connectivity index is 0. The normalized spacial score (nSPS) is 13.8. The van der Waals surface area contributed by atoms with Gasteiger partial charge in [0.15, 0.2) is 0 Å². The average molecular weight is 304 g/mol. The standard InChI is InChI=1S/C8H10F8O.CH2O/c1-3-5(9,10)7(13,14)17-8(15,16)6(11,12)4-2;1-2/h3-4H2,1-2H3;1H2. The molecule has 10 heteroatoms. The van der Waals surface area contributed by atoms with Crippen LogP contribution in [0, 0.1) is 0 Å². The van der Waals surface area contributed by atoms with E-state index in [2.05, 4.69) is 4.74 Å². The van der Waals surface area contributed by atoms with Gasteiger partial charge < -0.3 is 4.79 Å². The van der Waals surface area contributed by atoms with E-state index in [4.69, 9.17) is 4.79 Å². The van der Waals surface area contributed by atoms with Crippen LogP contribution >= 0.6 is 0 Å². The number of halogens is 8. The molecule has 0 aliphatic heterocycles. The van der Waals surface area contributed by atoms with E-state index >= 15 is 0 Å². The third-order valence-electron chi connectivity index (χ3n) is 2.00. The zero-order valence-corrected chi connectivity index (χ0v) is 9.96. The molecule has 0 saturated heterocycles. The van der Waals surface area contributed by atoms with Crippen LogP contribution in [0.2, 0.25) is 0 Å². The van der Waals surface area contributed by atoms with E-state index in [1.54, 1.807) is 0 Å². The Hall–Kier alpha value is -0.930. The number of hydrogen-bond donors (Lipinski definition) is 0. The number of ether oxygens (including phenoxy) is 1. The molecule has 0 aromatic carbocycles. The highest BCUT2D eigenvalue weighted by atomic mass is 19.3. The minimum Gasteiger partial charge on any atom is -0.307 e. The van der Waals surface area contributed by atoms with Crippen molar-refractivity contribution < 1.29 is 44.7 Å².